The van der Waals surface area contributed by atoms with Crippen LogP contribution in [-0.2, 0) is 24.8 Å². The summed E-state index contributed by atoms with van der Waals surface area (Å²) in [6.45, 7) is 2.75. The molecule has 0 saturated heterocycles. The highest BCUT2D eigenvalue weighted by atomic mass is 16.5. The molecule has 2 heterocycles. The van der Waals surface area contributed by atoms with Gasteiger partial charge in [0, 0.05) is 13.5 Å². The molecule has 0 saturated carbocycles. The van der Waals surface area contributed by atoms with E-state index >= 15 is 0 Å². The summed E-state index contributed by atoms with van der Waals surface area (Å²) in [5, 5.41) is 6.90. The highest BCUT2D eigenvalue weighted by Gasteiger charge is 2.22. The fourth-order valence-corrected chi connectivity index (χ4v) is 2.76. The number of nitrogens with one attached hydrogen (secondary N) is 1. The van der Waals surface area contributed by atoms with E-state index in [2.05, 4.69) is 10.4 Å². The second kappa shape index (κ2) is 6.28. The minimum absolute atomic E-state index is 0.0442. The molecule has 1 aromatic heterocycles. The molecule has 1 N–H and O–H groups in total. The number of nitrogens with zero attached hydrogens (tertiary/aromatic N) is 3. The van der Waals surface area contributed by atoms with Crippen LogP contribution in [0.4, 0.5) is 0 Å². The van der Waals surface area contributed by atoms with Gasteiger partial charge in [-0.05, 0) is 24.5 Å². The molecule has 7 nitrogen and oxygen atoms in total. The van der Waals surface area contributed by atoms with Crippen molar-refractivity contribution in [3.8, 4) is 5.75 Å². The minimum Gasteiger partial charge on any atom is -0.491 e. The average molecular weight is 316 g/mol. The van der Waals surface area contributed by atoms with Crippen LogP contribution >= 0.6 is 0 Å². The average Bonchev–Trinajstić information content (AvgIpc) is 2.85. The van der Waals surface area contributed by atoms with Crippen molar-refractivity contribution in [3.05, 3.63) is 46.1 Å². The second-order valence-corrected chi connectivity index (χ2v) is 5.84. The van der Waals surface area contributed by atoms with Gasteiger partial charge in [-0.1, -0.05) is 18.2 Å². The Morgan fingerprint density at radius 1 is 1.48 bits per heavy atom. The Kier molecular flexibility index (Phi) is 4.18. The molecule has 0 spiro atoms. The van der Waals surface area contributed by atoms with Crippen LogP contribution in [0.15, 0.2) is 29.3 Å². The zero-order chi connectivity index (χ0) is 16.4. The van der Waals surface area contributed by atoms with Crippen LogP contribution in [0.3, 0.4) is 0 Å². The lowest BCUT2D eigenvalue weighted by Crippen LogP contribution is -2.43. The lowest BCUT2D eigenvalue weighted by Gasteiger charge is -2.27. The van der Waals surface area contributed by atoms with Crippen LogP contribution in [0.25, 0.3) is 0 Å². The van der Waals surface area contributed by atoms with Crippen molar-refractivity contribution in [2.45, 2.75) is 32.4 Å². The van der Waals surface area contributed by atoms with E-state index in [0.29, 0.717) is 6.61 Å². The molecule has 1 aliphatic heterocycles. The highest BCUT2D eigenvalue weighted by Crippen LogP contribution is 2.28. The SMILES string of the molecule is Cc1cccc2c1OC[C@H](NC(=O)CCn1ncn(C)c1=O)C2. The monoisotopic (exact) mass is 316 g/mol. The third-order valence-corrected chi connectivity index (χ3v) is 3.99. The van der Waals surface area contributed by atoms with E-state index in [1.807, 2.05) is 25.1 Å². The zero-order valence-electron chi connectivity index (χ0n) is 13.3. The summed E-state index contributed by atoms with van der Waals surface area (Å²) < 4.78 is 8.44. The molecule has 1 atom stereocenters. The number of rotatable bonds is 4. The summed E-state index contributed by atoms with van der Waals surface area (Å²) in [6, 6.07) is 5.99. The van der Waals surface area contributed by atoms with Crippen LogP contribution in [-0.4, -0.2) is 32.9 Å². The number of hydrogen-bond acceptors (Lipinski definition) is 4. The first-order valence-corrected chi connectivity index (χ1v) is 7.63. The number of benzene rings is 1. The molecule has 23 heavy (non-hydrogen) atoms. The number of aromatic nitrogens is 3. The third-order valence-electron chi connectivity index (χ3n) is 3.99. The molecule has 1 amide bonds. The summed E-state index contributed by atoms with van der Waals surface area (Å²) in [6.07, 6.45) is 2.41. The van der Waals surface area contributed by atoms with Gasteiger partial charge < -0.3 is 10.1 Å². The van der Waals surface area contributed by atoms with Gasteiger partial charge in [-0.2, -0.15) is 5.10 Å². The summed E-state index contributed by atoms with van der Waals surface area (Å²) in [5.41, 5.74) is 2.01. The van der Waals surface area contributed by atoms with Crippen molar-refractivity contribution in [2.24, 2.45) is 7.05 Å². The number of fused-ring (bicyclic) bond motifs is 1. The van der Waals surface area contributed by atoms with Crippen molar-refractivity contribution in [2.75, 3.05) is 6.61 Å². The van der Waals surface area contributed by atoms with Gasteiger partial charge in [-0.3, -0.25) is 9.36 Å². The summed E-state index contributed by atoms with van der Waals surface area (Å²) >= 11 is 0. The van der Waals surface area contributed by atoms with Gasteiger partial charge in [0.05, 0.1) is 12.6 Å². The fraction of sp³-hybridized carbons (Fsp3) is 0.438. The lowest BCUT2D eigenvalue weighted by atomic mass is 10.00. The smallest absolute Gasteiger partial charge is 0.345 e. The largest absolute Gasteiger partial charge is 0.491 e. The number of para-hydroxylation sites is 1. The van der Waals surface area contributed by atoms with E-state index in [9.17, 15) is 9.59 Å². The molecule has 7 heteroatoms. The predicted octanol–water partition coefficient (Wildman–Crippen LogP) is 0.400. The van der Waals surface area contributed by atoms with Crippen LogP contribution < -0.4 is 15.7 Å². The van der Waals surface area contributed by atoms with Crippen molar-refractivity contribution in [3.63, 3.8) is 0 Å². The first-order valence-electron chi connectivity index (χ1n) is 7.63. The Morgan fingerprint density at radius 3 is 3.04 bits per heavy atom. The Labute approximate surface area is 133 Å². The van der Waals surface area contributed by atoms with E-state index in [-0.39, 0.29) is 30.6 Å². The zero-order valence-corrected chi connectivity index (χ0v) is 13.3. The van der Waals surface area contributed by atoms with Gasteiger partial charge in [0.1, 0.15) is 18.7 Å². The van der Waals surface area contributed by atoms with Gasteiger partial charge in [-0.15, -0.1) is 0 Å². The molecule has 0 unspecified atom stereocenters. The fourth-order valence-electron chi connectivity index (χ4n) is 2.76. The summed E-state index contributed by atoms with van der Waals surface area (Å²) in [5.74, 6) is 0.824. The summed E-state index contributed by atoms with van der Waals surface area (Å²) in [7, 11) is 1.63. The molecule has 3 rings (SSSR count). The standard InChI is InChI=1S/C16H20N4O3/c1-11-4-3-5-12-8-13(9-23-15(11)12)18-14(21)6-7-20-16(22)19(2)10-17-20/h3-5,10,13H,6-9H2,1-2H3,(H,18,21)/t13-/m1/s1. The van der Waals surface area contributed by atoms with Gasteiger partial charge >= 0.3 is 5.69 Å². The molecule has 0 fully saturated rings. The molecule has 2 aromatic rings. The highest BCUT2D eigenvalue weighted by molar-refractivity contribution is 5.76. The Bertz CT molecular complexity index is 778. The molecular formula is C16H20N4O3. The first-order chi connectivity index (χ1) is 11.0. The molecule has 0 radical (unpaired) electrons. The molecule has 122 valence electrons. The van der Waals surface area contributed by atoms with Crippen molar-refractivity contribution >= 4 is 5.91 Å². The van der Waals surface area contributed by atoms with E-state index in [1.165, 1.54) is 15.6 Å². The number of amides is 1. The summed E-state index contributed by atoms with van der Waals surface area (Å²) in [4.78, 5) is 23.7. The van der Waals surface area contributed by atoms with Gasteiger partial charge in [0.25, 0.3) is 0 Å². The topological polar surface area (TPSA) is 78.2 Å². The van der Waals surface area contributed by atoms with Crippen LogP contribution in [0, 0.1) is 6.92 Å². The number of ether oxygens (including phenoxy) is 1. The number of carbonyl (C=O) groups is 1. The van der Waals surface area contributed by atoms with Crippen molar-refractivity contribution in [1.82, 2.24) is 19.7 Å². The number of hydrogen-bond donors (Lipinski definition) is 1. The molecule has 1 aromatic carbocycles. The lowest BCUT2D eigenvalue weighted by molar-refractivity contribution is -0.122. The molecular weight excluding hydrogens is 296 g/mol. The molecule has 1 aliphatic rings. The van der Waals surface area contributed by atoms with E-state index in [1.54, 1.807) is 7.05 Å². The maximum Gasteiger partial charge on any atom is 0.345 e. The van der Waals surface area contributed by atoms with Crippen molar-refractivity contribution in [1.29, 1.82) is 0 Å². The van der Waals surface area contributed by atoms with E-state index in [0.717, 1.165) is 23.3 Å². The Morgan fingerprint density at radius 2 is 2.30 bits per heavy atom. The normalized spacial score (nSPS) is 16.5. The van der Waals surface area contributed by atoms with Gasteiger partial charge in [0.15, 0.2) is 0 Å². The molecule has 0 bridgehead atoms. The Hall–Kier alpha value is -2.57. The van der Waals surface area contributed by atoms with E-state index < -0.39 is 0 Å². The quantitative estimate of drug-likeness (QED) is 0.886. The van der Waals surface area contributed by atoms with E-state index in [4.69, 9.17) is 4.74 Å². The maximum atomic E-state index is 12.1. The minimum atomic E-state index is -0.219. The van der Waals surface area contributed by atoms with Crippen LogP contribution in [0.1, 0.15) is 17.5 Å². The van der Waals surface area contributed by atoms with Gasteiger partial charge in [-0.25, -0.2) is 9.48 Å². The number of carbonyl (C=O) groups excluding carboxylic acids is 1. The molecule has 0 aliphatic carbocycles. The van der Waals surface area contributed by atoms with Crippen LogP contribution in [0.2, 0.25) is 0 Å². The maximum absolute atomic E-state index is 12.1. The predicted molar refractivity (Wildman–Crippen MR) is 84.4 cm³/mol. The first kappa shape index (κ1) is 15.3. The Balaban J connectivity index is 1.55. The van der Waals surface area contributed by atoms with Crippen LogP contribution in [0.5, 0.6) is 5.75 Å². The van der Waals surface area contributed by atoms with Crippen molar-refractivity contribution < 1.29 is 9.53 Å². The second-order valence-electron chi connectivity index (χ2n) is 5.84. The third kappa shape index (κ3) is 3.28. The number of aryl methyl sites for hydroxylation is 3. The van der Waals surface area contributed by atoms with Gasteiger partial charge in [0.2, 0.25) is 5.91 Å².